The Morgan fingerprint density at radius 3 is 2.48 bits per heavy atom. The molecule has 1 atom stereocenters. The van der Waals surface area contributed by atoms with Crippen LogP contribution in [0.25, 0.3) is 0 Å². The minimum atomic E-state index is 0.296. The van der Waals surface area contributed by atoms with Gasteiger partial charge in [-0.25, -0.2) is 0 Å². The Balaban J connectivity index is 1.86. The number of aryl methyl sites for hydroxylation is 1. The third-order valence-electron chi connectivity index (χ3n) is 4.30. The smallest absolute Gasteiger partial charge is 0.0474 e. The molecule has 0 bridgehead atoms. The van der Waals surface area contributed by atoms with E-state index in [4.69, 9.17) is 5.73 Å². The van der Waals surface area contributed by atoms with Crippen molar-refractivity contribution in [3.8, 4) is 0 Å². The molecule has 1 aliphatic rings. The largest absolute Gasteiger partial charge is 0.329 e. The summed E-state index contributed by atoms with van der Waals surface area (Å²) < 4.78 is 1.11. The highest BCUT2D eigenvalue weighted by Gasteiger charge is 2.22. The Morgan fingerprint density at radius 1 is 1.05 bits per heavy atom. The summed E-state index contributed by atoms with van der Waals surface area (Å²) in [7, 11) is 0. The van der Waals surface area contributed by atoms with Gasteiger partial charge in [0.05, 0.1) is 0 Å². The average Bonchev–Trinajstić information content (AvgIpc) is 2.72. The Hall–Kier alpha value is -1.16. The lowest BCUT2D eigenvalue weighted by atomic mass is 10.0. The Labute approximate surface area is 135 Å². The van der Waals surface area contributed by atoms with Crippen molar-refractivity contribution in [3.05, 3.63) is 69.7 Å². The average molecular weight is 345 g/mol. The maximum Gasteiger partial charge on any atom is 0.0474 e. The maximum absolute atomic E-state index is 6.09. The van der Waals surface area contributed by atoms with Gasteiger partial charge in [0.2, 0.25) is 0 Å². The van der Waals surface area contributed by atoms with Crippen LogP contribution < -0.4 is 5.73 Å². The SMILES string of the molecule is NCC(c1ccc(Br)cc1)N1CCCc2ccccc2C1. The molecule has 0 amide bonds. The fourth-order valence-corrected chi connectivity index (χ4v) is 3.44. The lowest BCUT2D eigenvalue weighted by molar-refractivity contribution is 0.195. The van der Waals surface area contributed by atoms with Crippen LogP contribution in [-0.2, 0) is 13.0 Å². The van der Waals surface area contributed by atoms with E-state index in [-0.39, 0.29) is 0 Å². The lowest BCUT2D eigenvalue weighted by Gasteiger charge is -2.30. The quantitative estimate of drug-likeness (QED) is 0.914. The molecule has 0 saturated heterocycles. The normalized spacial score (nSPS) is 17.0. The monoisotopic (exact) mass is 344 g/mol. The molecule has 2 aromatic rings. The molecule has 0 saturated carbocycles. The van der Waals surface area contributed by atoms with Crippen LogP contribution in [0.4, 0.5) is 0 Å². The molecular formula is C18H21BrN2. The molecule has 0 fully saturated rings. The second-order valence-corrected chi connectivity index (χ2v) is 6.56. The van der Waals surface area contributed by atoms with Gasteiger partial charge in [-0.1, -0.05) is 52.3 Å². The van der Waals surface area contributed by atoms with Crippen molar-refractivity contribution < 1.29 is 0 Å². The second-order valence-electron chi connectivity index (χ2n) is 5.65. The van der Waals surface area contributed by atoms with Crippen LogP contribution in [0.3, 0.4) is 0 Å². The summed E-state index contributed by atoms with van der Waals surface area (Å²) in [4.78, 5) is 2.52. The number of fused-ring (bicyclic) bond motifs is 1. The van der Waals surface area contributed by atoms with Crippen LogP contribution in [0.1, 0.15) is 29.2 Å². The van der Waals surface area contributed by atoms with E-state index in [9.17, 15) is 0 Å². The Morgan fingerprint density at radius 2 is 1.76 bits per heavy atom. The van der Waals surface area contributed by atoms with E-state index in [2.05, 4.69) is 69.4 Å². The zero-order valence-corrected chi connectivity index (χ0v) is 13.7. The summed E-state index contributed by atoms with van der Waals surface area (Å²) in [5, 5.41) is 0. The van der Waals surface area contributed by atoms with Crippen molar-refractivity contribution in [2.24, 2.45) is 5.73 Å². The van der Waals surface area contributed by atoms with Crippen LogP contribution in [0.5, 0.6) is 0 Å². The van der Waals surface area contributed by atoms with Gasteiger partial charge in [-0.05, 0) is 48.2 Å². The first-order valence-electron chi connectivity index (χ1n) is 7.54. The molecule has 110 valence electrons. The number of nitrogens with two attached hydrogens (primary N) is 1. The summed E-state index contributed by atoms with van der Waals surface area (Å²) in [6.45, 7) is 2.75. The summed E-state index contributed by atoms with van der Waals surface area (Å²) in [6.07, 6.45) is 2.37. The van der Waals surface area contributed by atoms with Crippen molar-refractivity contribution in [1.29, 1.82) is 0 Å². The van der Waals surface area contributed by atoms with Gasteiger partial charge in [0.15, 0.2) is 0 Å². The topological polar surface area (TPSA) is 29.3 Å². The van der Waals surface area contributed by atoms with Crippen molar-refractivity contribution >= 4 is 15.9 Å². The highest BCUT2D eigenvalue weighted by molar-refractivity contribution is 9.10. The van der Waals surface area contributed by atoms with Crippen LogP contribution in [0, 0.1) is 0 Å². The van der Waals surface area contributed by atoms with Gasteiger partial charge in [0, 0.05) is 23.6 Å². The summed E-state index contributed by atoms with van der Waals surface area (Å²) in [6, 6.07) is 17.6. The van der Waals surface area contributed by atoms with E-state index >= 15 is 0 Å². The number of hydrogen-bond donors (Lipinski definition) is 1. The van der Waals surface area contributed by atoms with Crippen LogP contribution in [0.15, 0.2) is 53.0 Å². The molecule has 2 aromatic carbocycles. The third kappa shape index (κ3) is 3.37. The van der Waals surface area contributed by atoms with Gasteiger partial charge >= 0.3 is 0 Å². The molecule has 2 N–H and O–H groups in total. The number of halogens is 1. The molecular weight excluding hydrogens is 324 g/mol. The minimum Gasteiger partial charge on any atom is -0.329 e. The molecule has 3 heteroatoms. The van der Waals surface area contributed by atoms with Gasteiger partial charge in [-0.2, -0.15) is 0 Å². The molecule has 0 aromatic heterocycles. The molecule has 1 aliphatic heterocycles. The van der Waals surface area contributed by atoms with Crippen molar-refractivity contribution in [2.45, 2.75) is 25.4 Å². The highest BCUT2D eigenvalue weighted by Crippen LogP contribution is 2.27. The number of nitrogens with zero attached hydrogens (tertiary/aromatic N) is 1. The van der Waals surface area contributed by atoms with E-state index in [0.717, 1.165) is 17.6 Å². The van der Waals surface area contributed by atoms with E-state index in [1.54, 1.807) is 0 Å². The van der Waals surface area contributed by atoms with Crippen LogP contribution >= 0.6 is 15.9 Å². The Bertz CT molecular complexity index is 594. The zero-order chi connectivity index (χ0) is 14.7. The number of hydrogen-bond acceptors (Lipinski definition) is 2. The number of rotatable bonds is 3. The standard InChI is InChI=1S/C18H21BrN2/c19-17-9-7-15(8-10-17)18(12-20)21-11-3-6-14-4-1-2-5-16(14)13-21/h1-2,4-5,7-10,18H,3,6,11-13,20H2. The first kappa shape index (κ1) is 14.8. The molecule has 3 rings (SSSR count). The van der Waals surface area contributed by atoms with E-state index < -0.39 is 0 Å². The molecule has 1 heterocycles. The Kier molecular flexibility index (Phi) is 4.73. The van der Waals surface area contributed by atoms with E-state index in [0.29, 0.717) is 12.6 Å². The molecule has 0 radical (unpaired) electrons. The molecule has 21 heavy (non-hydrogen) atoms. The molecule has 0 spiro atoms. The minimum absolute atomic E-state index is 0.296. The maximum atomic E-state index is 6.09. The van der Waals surface area contributed by atoms with Crippen LogP contribution in [0.2, 0.25) is 0 Å². The fraction of sp³-hybridized carbons (Fsp3) is 0.333. The van der Waals surface area contributed by atoms with Gasteiger partial charge in [-0.15, -0.1) is 0 Å². The van der Waals surface area contributed by atoms with Crippen molar-refractivity contribution in [3.63, 3.8) is 0 Å². The summed E-state index contributed by atoms with van der Waals surface area (Å²) in [5.74, 6) is 0. The van der Waals surface area contributed by atoms with Gasteiger partial charge in [0.25, 0.3) is 0 Å². The predicted molar refractivity (Wildman–Crippen MR) is 91.1 cm³/mol. The second kappa shape index (κ2) is 6.73. The summed E-state index contributed by atoms with van der Waals surface area (Å²) >= 11 is 3.50. The van der Waals surface area contributed by atoms with Crippen molar-refractivity contribution in [2.75, 3.05) is 13.1 Å². The number of benzene rings is 2. The molecule has 1 unspecified atom stereocenters. The molecule has 0 aliphatic carbocycles. The van der Waals surface area contributed by atoms with E-state index in [1.807, 2.05) is 0 Å². The van der Waals surface area contributed by atoms with Crippen molar-refractivity contribution in [1.82, 2.24) is 4.90 Å². The van der Waals surface area contributed by atoms with Gasteiger partial charge in [-0.3, -0.25) is 4.90 Å². The highest BCUT2D eigenvalue weighted by atomic mass is 79.9. The first-order chi connectivity index (χ1) is 10.3. The first-order valence-corrected chi connectivity index (χ1v) is 8.33. The zero-order valence-electron chi connectivity index (χ0n) is 12.1. The van der Waals surface area contributed by atoms with Crippen LogP contribution in [-0.4, -0.2) is 18.0 Å². The lowest BCUT2D eigenvalue weighted by Crippen LogP contribution is -2.33. The fourth-order valence-electron chi connectivity index (χ4n) is 3.17. The predicted octanol–water partition coefficient (Wildman–Crippen LogP) is 3.90. The van der Waals surface area contributed by atoms with Gasteiger partial charge < -0.3 is 5.73 Å². The van der Waals surface area contributed by atoms with Gasteiger partial charge in [0.1, 0.15) is 0 Å². The van der Waals surface area contributed by atoms with E-state index in [1.165, 1.54) is 29.5 Å². The molecule has 2 nitrogen and oxygen atoms in total. The summed E-state index contributed by atoms with van der Waals surface area (Å²) in [5.41, 5.74) is 10.3. The third-order valence-corrected chi connectivity index (χ3v) is 4.83.